The molecule has 0 fully saturated rings. The van der Waals surface area contributed by atoms with Crippen LogP contribution in [0.1, 0.15) is 24.2 Å². The van der Waals surface area contributed by atoms with E-state index in [4.69, 9.17) is 28.9 Å². The summed E-state index contributed by atoms with van der Waals surface area (Å²) in [7, 11) is 0. The third-order valence-electron chi connectivity index (χ3n) is 2.22. The standard InChI is InChI=1S/C10H12Cl2N4O2/c1-4(2)7(9(13)17)14-10(18)5-3-6(11)15-16-8(5)12/h3-4,7H,1-2H3,(H2,13,17)(H,14,18). The lowest BCUT2D eigenvalue weighted by molar-refractivity contribution is -0.120. The third kappa shape index (κ3) is 3.54. The smallest absolute Gasteiger partial charge is 0.255 e. The molecule has 18 heavy (non-hydrogen) atoms. The second kappa shape index (κ2) is 5.97. The van der Waals surface area contributed by atoms with E-state index < -0.39 is 17.9 Å². The van der Waals surface area contributed by atoms with Crippen molar-refractivity contribution in [2.45, 2.75) is 19.9 Å². The number of halogens is 2. The summed E-state index contributed by atoms with van der Waals surface area (Å²) in [5.74, 6) is -1.34. The average Bonchev–Trinajstić information content (AvgIpc) is 2.28. The molecule has 1 unspecified atom stereocenters. The first kappa shape index (κ1) is 14.7. The number of hydrogen-bond acceptors (Lipinski definition) is 4. The van der Waals surface area contributed by atoms with Crippen molar-refractivity contribution in [3.05, 3.63) is 21.9 Å². The van der Waals surface area contributed by atoms with Gasteiger partial charge in [-0.15, -0.1) is 10.2 Å². The monoisotopic (exact) mass is 290 g/mol. The van der Waals surface area contributed by atoms with Gasteiger partial charge in [0.2, 0.25) is 5.91 Å². The predicted octanol–water partition coefficient (Wildman–Crippen LogP) is 1.02. The maximum Gasteiger partial charge on any atom is 0.255 e. The first-order valence-electron chi connectivity index (χ1n) is 5.11. The average molecular weight is 291 g/mol. The van der Waals surface area contributed by atoms with Gasteiger partial charge < -0.3 is 11.1 Å². The minimum absolute atomic E-state index is 0.0321. The van der Waals surface area contributed by atoms with Crippen molar-refractivity contribution < 1.29 is 9.59 Å². The largest absolute Gasteiger partial charge is 0.368 e. The van der Waals surface area contributed by atoms with Crippen LogP contribution in [0.15, 0.2) is 6.07 Å². The van der Waals surface area contributed by atoms with Crippen LogP contribution < -0.4 is 11.1 Å². The number of nitrogens with one attached hydrogen (secondary N) is 1. The van der Waals surface area contributed by atoms with Crippen molar-refractivity contribution in [3.63, 3.8) is 0 Å². The Morgan fingerprint density at radius 2 is 1.94 bits per heavy atom. The number of primary amides is 1. The fourth-order valence-corrected chi connectivity index (χ4v) is 1.62. The van der Waals surface area contributed by atoms with Crippen molar-refractivity contribution in [2.24, 2.45) is 11.7 Å². The van der Waals surface area contributed by atoms with Crippen LogP contribution in [-0.4, -0.2) is 28.1 Å². The number of rotatable bonds is 4. The first-order valence-corrected chi connectivity index (χ1v) is 5.87. The van der Waals surface area contributed by atoms with E-state index in [0.717, 1.165) is 0 Å². The molecule has 1 heterocycles. The molecule has 0 saturated carbocycles. The van der Waals surface area contributed by atoms with Crippen LogP contribution in [0.25, 0.3) is 0 Å². The van der Waals surface area contributed by atoms with E-state index in [-0.39, 0.29) is 21.8 Å². The molecule has 6 nitrogen and oxygen atoms in total. The van der Waals surface area contributed by atoms with Gasteiger partial charge in [-0.1, -0.05) is 37.0 Å². The number of aromatic nitrogens is 2. The number of nitrogens with zero attached hydrogens (tertiary/aromatic N) is 2. The highest BCUT2D eigenvalue weighted by Crippen LogP contribution is 2.15. The number of carbonyl (C=O) groups excluding carboxylic acids is 2. The minimum atomic E-state index is -0.791. The van der Waals surface area contributed by atoms with Crippen LogP contribution in [0.2, 0.25) is 10.3 Å². The second-order valence-corrected chi connectivity index (χ2v) is 4.71. The number of amides is 2. The molecule has 3 N–H and O–H groups in total. The Morgan fingerprint density at radius 3 is 2.44 bits per heavy atom. The summed E-state index contributed by atoms with van der Waals surface area (Å²) in [5.41, 5.74) is 5.24. The summed E-state index contributed by atoms with van der Waals surface area (Å²) in [6, 6.07) is 0.477. The minimum Gasteiger partial charge on any atom is -0.368 e. The molecule has 1 aromatic rings. The molecule has 0 saturated heterocycles. The molecule has 0 aliphatic heterocycles. The van der Waals surface area contributed by atoms with Gasteiger partial charge in [0.15, 0.2) is 10.3 Å². The molecule has 98 valence electrons. The van der Waals surface area contributed by atoms with E-state index in [0.29, 0.717) is 0 Å². The third-order valence-corrected chi connectivity index (χ3v) is 2.69. The maximum absolute atomic E-state index is 11.9. The predicted molar refractivity (Wildman–Crippen MR) is 67.3 cm³/mol. The quantitative estimate of drug-likeness (QED) is 0.865. The second-order valence-electron chi connectivity index (χ2n) is 3.97. The topological polar surface area (TPSA) is 98.0 Å². The fourth-order valence-electron chi connectivity index (χ4n) is 1.30. The molecular weight excluding hydrogens is 279 g/mol. The van der Waals surface area contributed by atoms with Crippen LogP contribution in [-0.2, 0) is 4.79 Å². The molecule has 1 atom stereocenters. The molecule has 1 rings (SSSR count). The van der Waals surface area contributed by atoms with Crippen LogP contribution in [0.4, 0.5) is 0 Å². The summed E-state index contributed by atoms with van der Waals surface area (Å²) in [6.45, 7) is 3.52. The van der Waals surface area contributed by atoms with E-state index in [9.17, 15) is 9.59 Å². The normalized spacial score (nSPS) is 12.3. The van der Waals surface area contributed by atoms with Gasteiger partial charge >= 0.3 is 0 Å². The highest BCUT2D eigenvalue weighted by molar-refractivity contribution is 6.34. The van der Waals surface area contributed by atoms with Crippen molar-refractivity contribution >= 4 is 35.0 Å². The van der Waals surface area contributed by atoms with E-state index >= 15 is 0 Å². The summed E-state index contributed by atoms with van der Waals surface area (Å²) >= 11 is 11.3. The zero-order valence-electron chi connectivity index (χ0n) is 9.78. The molecule has 2 amide bonds. The molecule has 0 aliphatic rings. The number of hydrogen-bond donors (Lipinski definition) is 2. The lowest BCUT2D eigenvalue weighted by Crippen LogP contribution is -2.47. The Labute approximate surface area is 114 Å². The molecule has 1 aromatic heterocycles. The van der Waals surface area contributed by atoms with Crippen molar-refractivity contribution in [3.8, 4) is 0 Å². The highest BCUT2D eigenvalue weighted by atomic mass is 35.5. The zero-order chi connectivity index (χ0) is 13.9. The van der Waals surface area contributed by atoms with Gasteiger partial charge in [0.25, 0.3) is 5.91 Å². The fraction of sp³-hybridized carbons (Fsp3) is 0.400. The van der Waals surface area contributed by atoms with Gasteiger partial charge in [0.1, 0.15) is 6.04 Å². The molecule has 0 spiro atoms. The molecule has 0 aromatic carbocycles. The maximum atomic E-state index is 11.9. The van der Waals surface area contributed by atoms with Gasteiger partial charge in [0.05, 0.1) is 5.56 Å². The van der Waals surface area contributed by atoms with Gasteiger partial charge in [-0.2, -0.15) is 0 Å². The van der Waals surface area contributed by atoms with Crippen molar-refractivity contribution in [1.82, 2.24) is 15.5 Å². The summed E-state index contributed by atoms with van der Waals surface area (Å²) in [5, 5.41) is 9.40. The Hall–Kier alpha value is -1.40. The van der Waals surface area contributed by atoms with Gasteiger partial charge in [-0.3, -0.25) is 9.59 Å². The summed E-state index contributed by atoms with van der Waals surface area (Å²) in [4.78, 5) is 23.1. The molecule has 0 aliphatic carbocycles. The van der Waals surface area contributed by atoms with Gasteiger partial charge in [-0.05, 0) is 12.0 Å². The molecule has 0 radical (unpaired) electrons. The Bertz CT molecular complexity index is 479. The SMILES string of the molecule is CC(C)C(NC(=O)c1cc(Cl)nnc1Cl)C(N)=O. The van der Waals surface area contributed by atoms with Crippen molar-refractivity contribution in [1.29, 1.82) is 0 Å². The molecule has 8 heteroatoms. The van der Waals surface area contributed by atoms with Crippen LogP contribution in [0.3, 0.4) is 0 Å². The summed E-state index contributed by atoms with van der Waals surface area (Å²) < 4.78 is 0. The summed E-state index contributed by atoms with van der Waals surface area (Å²) in [6.07, 6.45) is 0. The first-order chi connectivity index (χ1) is 8.32. The zero-order valence-corrected chi connectivity index (χ0v) is 11.3. The van der Waals surface area contributed by atoms with E-state index in [2.05, 4.69) is 15.5 Å². The van der Waals surface area contributed by atoms with E-state index in [1.54, 1.807) is 13.8 Å². The molecular formula is C10H12Cl2N4O2. The Balaban J connectivity index is 2.94. The van der Waals surface area contributed by atoms with Crippen LogP contribution in [0.5, 0.6) is 0 Å². The molecule has 0 bridgehead atoms. The van der Waals surface area contributed by atoms with E-state index in [1.165, 1.54) is 6.07 Å². The van der Waals surface area contributed by atoms with Gasteiger partial charge in [0, 0.05) is 0 Å². The van der Waals surface area contributed by atoms with Crippen LogP contribution >= 0.6 is 23.2 Å². The Kier molecular flexibility index (Phi) is 4.86. The van der Waals surface area contributed by atoms with Gasteiger partial charge in [-0.25, -0.2) is 0 Å². The van der Waals surface area contributed by atoms with Crippen molar-refractivity contribution in [2.75, 3.05) is 0 Å². The number of carbonyl (C=O) groups is 2. The lowest BCUT2D eigenvalue weighted by Gasteiger charge is -2.18. The van der Waals surface area contributed by atoms with Crippen LogP contribution in [0, 0.1) is 5.92 Å². The highest BCUT2D eigenvalue weighted by Gasteiger charge is 2.23. The van der Waals surface area contributed by atoms with E-state index in [1.807, 2.05) is 0 Å². The number of nitrogens with two attached hydrogens (primary N) is 1. The Morgan fingerprint density at radius 1 is 1.33 bits per heavy atom. The lowest BCUT2D eigenvalue weighted by atomic mass is 10.0.